The molecule has 1 aromatic carbocycles. The van der Waals surface area contributed by atoms with Gasteiger partial charge in [0.2, 0.25) is 10.0 Å². The molecule has 8 heteroatoms. The highest BCUT2D eigenvalue weighted by molar-refractivity contribution is 7.89. The fraction of sp³-hybridized carbons (Fsp3) is 0.556. The predicted molar refractivity (Wildman–Crippen MR) is 94.6 cm³/mol. The van der Waals surface area contributed by atoms with E-state index in [9.17, 15) is 13.2 Å². The lowest BCUT2D eigenvalue weighted by Gasteiger charge is -2.35. The Bertz CT molecular complexity index is 789. The van der Waals surface area contributed by atoms with Gasteiger partial charge in [0.05, 0.1) is 23.1 Å². The number of hydrogen-bond acceptors (Lipinski definition) is 5. The number of carbonyl (C=O) groups excluding carboxylic acids is 1. The third-order valence-electron chi connectivity index (χ3n) is 4.80. The van der Waals surface area contributed by atoms with Gasteiger partial charge in [0.1, 0.15) is 6.10 Å². The summed E-state index contributed by atoms with van der Waals surface area (Å²) in [7, 11) is -3.61. The van der Waals surface area contributed by atoms with Crippen LogP contribution in [0.2, 0.25) is 0 Å². The van der Waals surface area contributed by atoms with Gasteiger partial charge in [0.15, 0.2) is 0 Å². The van der Waals surface area contributed by atoms with E-state index in [-0.39, 0.29) is 23.9 Å². The van der Waals surface area contributed by atoms with Gasteiger partial charge in [0.25, 0.3) is 5.91 Å². The first kappa shape index (κ1) is 18.8. The Morgan fingerprint density at radius 1 is 1.23 bits per heavy atom. The van der Waals surface area contributed by atoms with Gasteiger partial charge < -0.3 is 9.64 Å². The number of rotatable bonds is 6. The Balaban J connectivity index is 1.56. The molecule has 1 saturated carbocycles. The lowest BCUT2D eigenvalue weighted by atomic mass is 10.2. The summed E-state index contributed by atoms with van der Waals surface area (Å²) >= 11 is 0. The van der Waals surface area contributed by atoms with Crippen LogP contribution < -0.4 is 0 Å². The van der Waals surface area contributed by atoms with Gasteiger partial charge in [-0.1, -0.05) is 0 Å². The largest absolute Gasteiger partial charge is 0.368 e. The first-order chi connectivity index (χ1) is 12.4. The molecule has 2 fully saturated rings. The van der Waals surface area contributed by atoms with Crippen LogP contribution in [0, 0.1) is 17.2 Å². The van der Waals surface area contributed by atoms with Gasteiger partial charge in [0, 0.05) is 26.2 Å². The van der Waals surface area contributed by atoms with E-state index < -0.39 is 16.1 Å². The molecule has 0 N–H and O–H groups in total. The first-order valence-corrected chi connectivity index (χ1v) is 10.3. The third-order valence-corrected chi connectivity index (χ3v) is 6.71. The number of sulfonamides is 1. The van der Waals surface area contributed by atoms with Crippen LogP contribution >= 0.6 is 0 Å². The molecule has 26 heavy (non-hydrogen) atoms. The van der Waals surface area contributed by atoms with Crippen LogP contribution in [0.25, 0.3) is 0 Å². The molecule has 1 unspecified atom stereocenters. The Morgan fingerprint density at radius 2 is 1.85 bits per heavy atom. The lowest BCUT2D eigenvalue weighted by Crippen LogP contribution is -2.52. The van der Waals surface area contributed by atoms with Crippen molar-refractivity contribution in [1.82, 2.24) is 9.21 Å². The zero-order chi connectivity index (χ0) is 18.7. The minimum absolute atomic E-state index is 0.0823. The van der Waals surface area contributed by atoms with E-state index in [0.29, 0.717) is 31.2 Å². The Hall–Kier alpha value is -1.95. The molecule has 1 atom stereocenters. The van der Waals surface area contributed by atoms with Crippen LogP contribution in [-0.4, -0.2) is 62.4 Å². The van der Waals surface area contributed by atoms with Crippen LogP contribution in [-0.2, 0) is 19.6 Å². The quantitative estimate of drug-likeness (QED) is 0.743. The van der Waals surface area contributed by atoms with Crippen LogP contribution in [0.4, 0.5) is 0 Å². The molecule has 0 bridgehead atoms. The molecule has 0 spiro atoms. The normalized spacial score (nSPS) is 19.8. The Kier molecular flexibility index (Phi) is 5.61. The summed E-state index contributed by atoms with van der Waals surface area (Å²) in [6.45, 7) is 3.59. The standard InChI is InChI=1S/C18H23N3O4S/c1-14(25-13-16-2-3-16)18(22)20-8-10-21(11-9-20)26(23,24)17-6-4-15(12-19)5-7-17/h4-7,14,16H,2-3,8-11,13H2,1H3. The molecular formula is C18H23N3O4S. The molecule has 1 aromatic rings. The van der Waals surface area contributed by atoms with Crippen molar-refractivity contribution in [2.45, 2.75) is 30.8 Å². The lowest BCUT2D eigenvalue weighted by molar-refractivity contribution is -0.144. The number of piperazine rings is 1. The molecule has 140 valence electrons. The third kappa shape index (κ3) is 4.23. The fourth-order valence-corrected chi connectivity index (χ4v) is 4.31. The van der Waals surface area contributed by atoms with E-state index in [1.807, 2.05) is 6.07 Å². The van der Waals surface area contributed by atoms with Crippen molar-refractivity contribution in [2.75, 3.05) is 32.8 Å². The number of carbonyl (C=O) groups is 1. The number of nitriles is 1. The number of nitrogens with zero attached hydrogens (tertiary/aromatic N) is 3. The van der Waals surface area contributed by atoms with Gasteiger partial charge in [-0.15, -0.1) is 0 Å². The van der Waals surface area contributed by atoms with Crippen LogP contribution in [0.5, 0.6) is 0 Å². The van der Waals surface area contributed by atoms with Crippen molar-refractivity contribution in [1.29, 1.82) is 5.26 Å². The van der Waals surface area contributed by atoms with Crippen LogP contribution in [0.15, 0.2) is 29.2 Å². The molecule has 0 radical (unpaired) electrons. The summed E-state index contributed by atoms with van der Waals surface area (Å²) in [6, 6.07) is 7.84. The maximum Gasteiger partial charge on any atom is 0.251 e. The smallest absolute Gasteiger partial charge is 0.251 e. The van der Waals surface area contributed by atoms with Crippen molar-refractivity contribution in [3.05, 3.63) is 29.8 Å². The first-order valence-electron chi connectivity index (χ1n) is 8.82. The average molecular weight is 377 g/mol. The number of amides is 1. The topological polar surface area (TPSA) is 90.7 Å². The van der Waals surface area contributed by atoms with Crippen molar-refractivity contribution in [3.8, 4) is 6.07 Å². The zero-order valence-corrected chi connectivity index (χ0v) is 15.6. The minimum atomic E-state index is -3.61. The fourth-order valence-electron chi connectivity index (χ4n) is 2.89. The van der Waals surface area contributed by atoms with Crippen molar-refractivity contribution >= 4 is 15.9 Å². The van der Waals surface area contributed by atoms with Crippen molar-refractivity contribution in [3.63, 3.8) is 0 Å². The van der Waals surface area contributed by atoms with Gasteiger partial charge in [-0.05, 0) is 49.9 Å². The molecule has 2 aliphatic rings. The molecule has 1 aliphatic carbocycles. The second-order valence-electron chi connectivity index (χ2n) is 6.78. The second kappa shape index (κ2) is 7.74. The highest BCUT2D eigenvalue weighted by atomic mass is 32.2. The van der Waals surface area contributed by atoms with Gasteiger partial charge >= 0.3 is 0 Å². The molecule has 1 heterocycles. The molecule has 0 aromatic heterocycles. The van der Waals surface area contributed by atoms with E-state index >= 15 is 0 Å². The Morgan fingerprint density at radius 3 is 2.38 bits per heavy atom. The maximum absolute atomic E-state index is 12.7. The molecule has 3 rings (SSSR count). The average Bonchev–Trinajstić information content (AvgIpc) is 3.50. The number of hydrogen-bond donors (Lipinski definition) is 0. The molecule has 1 aliphatic heterocycles. The van der Waals surface area contributed by atoms with Crippen molar-refractivity contribution in [2.24, 2.45) is 5.92 Å². The summed E-state index contributed by atoms with van der Waals surface area (Å²) in [5.41, 5.74) is 0.416. The molecule has 1 amide bonds. The Labute approximate surface area is 154 Å². The summed E-state index contributed by atoms with van der Waals surface area (Å²) in [5, 5.41) is 8.82. The van der Waals surface area contributed by atoms with Crippen LogP contribution in [0.3, 0.4) is 0 Å². The predicted octanol–water partition coefficient (Wildman–Crippen LogP) is 1.21. The monoisotopic (exact) mass is 377 g/mol. The highest BCUT2D eigenvalue weighted by Gasteiger charge is 2.32. The van der Waals surface area contributed by atoms with Gasteiger partial charge in [-0.2, -0.15) is 9.57 Å². The molecule has 1 saturated heterocycles. The van der Waals surface area contributed by atoms with E-state index in [1.165, 1.54) is 41.4 Å². The summed E-state index contributed by atoms with van der Waals surface area (Å²) in [4.78, 5) is 14.3. The van der Waals surface area contributed by atoms with Crippen LogP contribution in [0.1, 0.15) is 25.3 Å². The summed E-state index contributed by atoms with van der Waals surface area (Å²) in [5.74, 6) is 0.515. The minimum Gasteiger partial charge on any atom is -0.368 e. The summed E-state index contributed by atoms with van der Waals surface area (Å²) < 4.78 is 32.4. The van der Waals surface area contributed by atoms with E-state index in [4.69, 9.17) is 10.00 Å². The number of ether oxygens (including phenoxy) is 1. The number of benzene rings is 1. The van der Waals surface area contributed by atoms with Gasteiger partial charge in [-0.3, -0.25) is 4.79 Å². The molecule has 7 nitrogen and oxygen atoms in total. The van der Waals surface area contributed by atoms with Gasteiger partial charge in [-0.25, -0.2) is 8.42 Å². The summed E-state index contributed by atoms with van der Waals surface area (Å²) in [6.07, 6.45) is 1.86. The molecular weight excluding hydrogens is 354 g/mol. The highest BCUT2D eigenvalue weighted by Crippen LogP contribution is 2.29. The van der Waals surface area contributed by atoms with E-state index in [1.54, 1.807) is 11.8 Å². The maximum atomic E-state index is 12.7. The van der Waals surface area contributed by atoms with E-state index in [0.717, 1.165) is 0 Å². The second-order valence-corrected chi connectivity index (χ2v) is 8.72. The van der Waals surface area contributed by atoms with E-state index in [2.05, 4.69) is 0 Å². The SMILES string of the molecule is CC(OCC1CC1)C(=O)N1CCN(S(=O)(=O)c2ccc(C#N)cc2)CC1. The zero-order valence-electron chi connectivity index (χ0n) is 14.8. The van der Waals surface area contributed by atoms with Crippen molar-refractivity contribution < 1.29 is 17.9 Å².